The smallest absolute Gasteiger partial charge is 0.344 e. The molecule has 0 N–H and O–H groups in total. The first kappa shape index (κ1) is 19.3. The number of nitrogens with zero attached hydrogens (tertiary/aromatic N) is 4. The van der Waals surface area contributed by atoms with Crippen LogP contribution in [0.3, 0.4) is 0 Å². The summed E-state index contributed by atoms with van der Waals surface area (Å²) < 4.78 is 25.2. The van der Waals surface area contributed by atoms with Crippen LogP contribution in [0.1, 0.15) is 21.6 Å². The second-order valence-electron chi connectivity index (χ2n) is 6.14. The van der Waals surface area contributed by atoms with Gasteiger partial charge in [0, 0.05) is 26.0 Å². The third-order valence-corrected chi connectivity index (χ3v) is 4.16. The van der Waals surface area contributed by atoms with Gasteiger partial charge in [-0.25, -0.2) is 18.7 Å². The molecule has 28 heavy (non-hydrogen) atoms. The molecule has 1 aromatic carbocycles. The van der Waals surface area contributed by atoms with E-state index in [0.29, 0.717) is 16.9 Å². The fourth-order valence-corrected chi connectivity index (χ4v) is 2.72. The highest BCUT2D eigenvalue weighted by atomic mass is 19.1. The van der Waals surface area contributed by atoms with E-state index in [1.54, 1.807) is 38.5 Å². The number of rotatable bonds is 6. The molecule has 0 radical (unpaired) electrons. The fourth-order valence-electron chi connectivity index (χ4n) is 2.72. The van der Waals surface area contributed by atoms with Crippen LogP contribution in [-0.4, -0.2) is 52.1 Å². The summed E-state index contributed by atoms with van der Waals surface area (Å²) in [6.07, 6.45) is 3.21. The van der Waals surface area contributed by atoms with E-state index in [2.05, 4.69) is 10.1 Å². The molecule has 0 unspecified atom stereocenters. The van der Waals surface area contributed by atoms with E-state index < -0.39 is 24.3 Å². The summed E-state index contributed by atoms with van der Waals surface area (Å²) in [5.74, 6) is -1.48. The van der Waals surface area contributed by atoms with Gasteiger partial charge in [0.05, 0.1) is 12.8 Å². The predicted molar refractivity (Wildman–Crippen MR) is 97.4 cm³/mol. The quantitative estimate of drug-likeness (QED) is 0.603. The molecule has 1 amide bonds. The van der Waals surface area contributed by atoms with Gasteiger partial charge in [-0.2, -0.15) is 5.10 Å². The zero-order chi connectivity index (χ0) is 20.3. The van der Waals surface area contributed by atoms with Gasteiger partial charge in [0.1, 0.15) is 5.56 Å². The maximum atomic E-state index is 13.8. The molecule has 0 spiro atoms. The molecular weight excluding hydrogens is 367 g/mol. The van der Waals surface area contributed by atoms with Crippen molar-refractivity contribution in [3.8, 4) is 5.75 Å². The van der Waals surface area contributed by atoms with Gasteiger partial charge in [-0.1, -0.05) is 6.07 Å². The van der Waals surface area contributed by atoms with Crippen molar-refractivity contribution in [3.63, 3.8) is 0 Å². The van der Waals surface area contributed by atoms with Gasteiger partial charge in [-0.05, 0) is 30.7 Å². The minimum atomic E-state index is -0.677. The molecule has 146 valence electrons. The lowest BCUT2D eigenvalue weighted by Gasteiger charge is -2.17. The minimum Gasteiger partial charge on any atom is -0.494 e. The number of fused-ring (bicyclic) bond motifs is 1. The Morgan fingerprint density at radius 1 is 1.32 bits per heavy atom. The normalized spacial score (nSPS) is 10.7. The van der Waals surface area contributed by atoms with Gasteiger partial charge < -0.3 is 14.4 Å². The van der Waals surface area contributed by atoms with E-state index in [1.807, 2.05) is 0 Å². The average Bonchev–Trinajstić information content (AvgIpc) is 3.01. The van der Waals surface area contributed by atoms with Crippen molar-refractivity contribution >= 4 is 17.5 Å². The van der Waals surface area contributed by atoms with Crippen LogP contribution in [-0.2, 0) is 16.1 Å². The number of benzene rings is 1. The van der Waals surface area contributed by atoms with Crippen LogP contribution in [0.4, 0.5) is 4.39 Å². The first-order valence-electron chi connectivity index (χ1n) is 8.44. The Bertz CT molecular complexity index is 1030. The summed E-state index contributed by atoms with van der Waals surface area (Å²) in [4.78, 5) is 30.1. The van der Waals surface area contributed by atoms with Crippen LogP contribution in [0.15, 0.2) is 36.7 Å². The van der Waals surface area contributed by atoms with Crippen LogP contribution in [0, 0.1) is 12.7 Å². The molecule has 3 rings (SSSR count). The number of halogens is 1. The van der Waals surface area contributed by atoms with Crippen LogP contribution in [0.25, 0.3) is 5.65 Å². The SMILES string of the molecule is COc1ccc(CN(C)C(=O)COC(=O)c2c(C)nn3cccnc23)cc1F. The molecule has 2 heterocycles. The predicted octanol–water partition coefficient (Wildman–Crippen LogP) is 2.00. The summed E-state index contributed by atoms with van der Waals surface area (Å²) in [6.45, 7) is 1.38. The number of likely N-dealkylation sites (N-methyl/N-ethyl adjacent to an activating group) is 1. The number of amides is 1. The maximum Gasteiger partial charge on any atom is 0.344 e. The minimum absolute atomic E-state index is 0.129. The lowest BCUT2D eigenvalue weighted by Crippen LogP contribution is -2.31. The average molecular weight is 386 g/mol. The number of aryl methyl sites for hydroxylation is 1. The van der Waals surface area contributed by atoms with Gasteiger partial charge >= 0.3 is 5.97 Å². The summed E-state index contributed by atoms with van der Waals surface area (Å²) in [6, 6.07) is 6.13. The van der Waals surface area contributed by atoms with E-state index in [-0.39, 0.29) is 17.9 Å². The number of carbonyl (C=O) groups excluding carboxylic acids is 2. The van der Waals surface area contributed by atoms with Gasteiger partial charge in [0.15, 0.2) is 23.8 Å². The molecule has 0 fully saturated rings. The number of ether oxygens (including phenoxy) is 2. The molecule has 0 aliphatic heterocycles. The van der Waals surface area contributed by atoms with Gasteiger partial charge in [0.2, 0.25) is 0 Å². The Hall–Kier alpha value is -3.49. The highest BCUT2D eigenvalue weighted by molar-refractivity contribution is 5.98. The van der Waals surface area contributed by atoms with Crippen LogP contribution in [0.5, 0.6) is 5.75 Å². The first-order chi connectivity index (χ1) is 13.4. The van der Waals surface area contributed by atoms with Gasteiger partial charge in [0.25, 0.3) is 5.91 Å². The third-order valence-electron chi connectivity index (χ3n) is 4.16. The van der Waals surface area contributed by atoms with E-state index in [0.717, 1.165) is 0 Å². The Kier molecular flexibility index (Phi) is 5.53. The van der Waals surface area contributed by atoms with Crippen LogP contribution in [0.2, 0.25) is 0 Å². The molecule has 0 saturated carbocycles. The summed E-state index contributed by atoms with van der Waals surface area (Å²) >= 11 is 0. The summed E-state index contributed by atoms with van der Waals surface area (Å²) in [5, 5.41) is 4.19. The fraction of sp³-hybridized carbons (Fsp3) is 0.263. The molecular formula is C19H19FN4O4. The number of aromatic nitrogens is 3. The first-order valence-corrected chi connectivity index (χ1v) is 8.44. The molecule has 0 bridgehead atoms. The van der Waals surface area contributed by atoms with E-state index >= 15 is 0 Å². The molecule has 8 nitrogen and oxygen atoms in total. The highest BCUT2D eigenvalue weighted by Gasteiger charge is 2.21. The number of esters is 1. The third kappa shape index (κ3) is 3.93. The molecule has 0 saturated heterocycles. The van der Waals surface area contributed by atoms with Crippen molar-refractivity contribution in [2.24, 2.45) is 0 Å². The molecule has 0 aliphatic rings. The lowest BCUT2D eigenvalue weighted by atomic mass is 10.2. The van der Waals surface area contributed by atoms with Crippen molar-refractivity contribution in [1.82, 2.24) is 19.5 Å². The maximum absolute atomic E-state index is 13.8. The monoisotopic (exact) mass is 386 g/mol. The van der Waals surface area contributed by atoms with Crippen molar-refractivity contribution < 1.29 is 23.5 Å². The molecule has 9 heteroatoms. The van der Waals surface area contributed by atoms with Crippen molar-refractivity contribution in [3.05, 3.63) is 59.3 Å². The van der Waals surface area contributed by atoms with E-state index in [9.17, 15) is 14.0 Å². The van der Waals surface area contributed by atoms with Crippen molar-refractivity contribution in [2.45, 2.75) is 13.5 Å². The van der Waals surface area contributed by atoms with Gasteiger partial charge in [-0.15, -0.1) is 0 Å². The highest BCUT2D eigenvalue weighted by Crippen LogP contribution is 2.18. The standard InChI is InChI=1S/C19H19FN4O4/c1-12-17(18-21-7-4-8-24(18)22-12)19(26)28-11-16(25)23(2)10-13-5-6-15(27-3)14(20)9-13/h4-9H,10-11H2,1-3H3. The topological polar surface area (TPSA) is 86.0 Å². The number of carbonyl (C=O) groups is 2. The summed E-state index contributed by atoms with van der Waals surface area (Å²) in [7, 11) is 2.92. The Morgan fingerprint density at radius 2 is 2.11 bits per heavy atom. The number of hydrogen-bond acceptors (Lipinski definition) is 6. The van der Waals surface area contributed by atoms with Crippen LogP contribution >= 0.6 is 0 Å². The van der Waals surface area contributed by atoms with Crippen LogP contribution < -0.4 is 4.74 Å². The Labute approximate surface area is 160 Å². The number of methoxy groups -OCH3 is 1. The second kappa shape index (κ2) is 8.03. The molecule has 0 atom stereocenters. The lowest BCUT2D eigenvalue weighted by molar-refractivity contribution is -0.133. The Morgan fingerprint density at radius 3 is 2.82 bits per heavy atom. The molecule has 0 aliphatic carbocycles. The zero-order valence-corrected chi connectivity index (χ0v) is 15.7. The van der Waals surface area contributed by atoms with E-state index in [1.165, 1.54) is 28.7 Å². The van der Waals surface area contributed by atoms with Gasteiger partial charge in [-0.3, -0.25) is 4.79 Å². The Balaban J connectivity index is 1.62. The van der Waals surface area contributed by atoms with Crippen molar-refractivity contribution in [2.75, 3.05) is 20.8 Å². The second-order valence-corrected chi connectivity index (χ2v) is 6.14. The largest absolute Gasteiger partial charge is 0.494 e. The molecule has 3 aromatic rings. The summed E-state index contributed by atoms with van der Waals surface area (Å²) in [5.41, 5.74) is 1.62. The number of hydrogen-bond donors (Lipinski definition) is 0. The van der Waals surface area contributed by atoms with E-state index in [4.69, 9.17) is 9.47 Å². The van der Waals surface area contributed by atoms with Crippen molar-refractivity contribution in [1.29, 1.82) is 0 Å². The zero-order valence-electron chi connectivity index (χ0n) is 15.7. The molecule has 2 aromatic heterocycles.